The first kappa shape index (κ1) is 15.0. The largest absolute Gasteiger partial charge is 0.468 e. The Bertz CT molecular complexity index is 442. The standard InChI is InChI=1S/C16H21NO2S/c1-2-3-5-15(18)11-17(10-14-7-9-20-13-14)12-16-6-4-8-19-16/h2,4,6-9,13,15,18H,1,3,5,10-12H2/t15-/m1/s1. The fraction of sp³-hybridized carbons (Fsp3) is 0.375. The summed E-state index contributed by atoms with van der Waals surface area (Å²) in [7, 11) is 0. The summed E-state index contributed by atoms with van der Waals surface area (Å²) in [6, 6.07) is 5.99. The van der Waals surface area contributed by atoms with Crippen molar-refractivity contribution in [3.63, 3.8) is 0 Å². The zero-order valence-corrected chi connectivity index (χ0v) is 12.4. The number of hydrogen-bond donors (Lipinski definition) is 1. The monoisotopic (exact) mass is 291 g/mol. The van der Waals surface area contributed by atoms with E-state index in [1.165, 1.54) is 5.56 Å². The molecule has 20 heavy (non-hydrogen) atoms. The molecule has 1 N–H and O–H groups in total. The van der Waals surface area contributed by atoms with Gasteiger partial charge in [-0.15, -0.1) is 6.58 Å². The maximum atomic E-state index is 10.1. The molecular formula is C16H21NO2S. The third kappa shape index (κ3) is 4.96. The van der Waals surface area contributed by atoms with E-state index in [-0.39, 0.29) is 6.10 Å². The van der Waals surface area contributed by atoms with Crippen LogP contribution in [0.2, 0.25) is 0 Å². The van der Waals surface area contributed by atoms with Crippen LogP contribution in [0.5, 0.6) is 0 Å². The van der Waals surface area contributed by atoms with Crippen LogP contribution >= 0.6 is 11.3 Å². The van der Waals surface area contributed by atoms with Gasteiger partial charge < -0.3 is 9.52 Å². The second-order valence-corrected chi connectivity index (χ2v) is 5.68. The van der Waals surface area contributed by atoms with Gasteiger partial charge in [-0.2, -0.15) is 11.3 Å². The van der Waals surface area contributed by atoms with Gasteiger partial charge in [0.15, 0.2) is 0 Å². The third-order valence-electron chi connectivity index (χ3n) is 3.12. The molecule has 0 radical (unpaired) electrons. The van der Waals surface area contributed by atoms with Gasteiger partial charge >= 0.3 is 0 Å². The van der Waals surface area contributed by atoms with E-state index < -0.39 is 0 Å². The smallest absolute Gasteiger partial charge is 0.117 e. The van der Waals surface area contributed by atoms with E-state index in [0.717, 1.165) is 25.1 Å². The van der Waals surface area contributed by atoms with E-state index in [9.17, 15) is 5.11 Å². The number of nitrogens with zero attached hydrogens (tertiary/aromatic N) is 1. The minimum atomic E-state index is -0.332. The van der Waals surface area contributed by atoms with Gasteiger partial charge in [0.2, 0.25) is 0 Å². The average molecular weight is 291 g/mol. The Morgan fingerprint density at radius 1 is 1.40 bits per heavy atom. The van der Waals surface area contributed by atoms with Crippen LogP contribution in [0.15, 0.2) is 52.3 Å². The fourth-order valence-corrected chi connectivity index (χ4v) is 2.81. The number of aliphatic hydroxyl groups excluding tert-OH is 1. The highest BCUT2D eigenvalue weighted by Crippen LogP contribution is 2.14. The number of allylic oxidation sites excluding steroid dienone is 1. The quantitative estimate of drug-likeness (QED) is 0.716. The molecular weight excluding hydrogens is 270 g/mol. The van der Waals surface area contributed by atoms with E-state index >= 15 is 0 Å². The lowest BCUT2D eigenvalue weighted by Crippen LogP contribution is -2.31. The SMILES string of the molecule is C=CCC[C@@H](O)CN(Cc1ccsc1)Cc1ccco1. The number of thiophene rings is 1. The lowest BCUT2D eigenvalue weighted by atomic mass is 10.1. The highest BCUT2D eigenvalue weighted by molar-refractivity contribution is 7.07. The summed E-state index contributed by atoms with van der Waals surface area (Å²) < 4.78 is 5.41. The maximum absolute atomic E-state index is 10.1. The van der Waals surface area contributed by atoms with Crippen LogP contribution in [0, 0.1) is 0 Å². The maximum Gasteiger partial charge on any atom is 0.117 e. The summed E-state index contributed by atoms with van der Waals surface area (Å²) in [5.74, 6) is 0.927. The molecule has 0 saturated heterocycles. The van der Waals surface area contributed by atoms with Crippen LogP contribution in [0.1, 0.15) is 24.2 Å². The van der Waals surface area contributed by atoms with Gasteiger partial charge in [-0.05, 0) is 47.4 Å². The summed E-state index contributed by atoms with van der Waals surface area (Å²) in [6.07, 6.45) is 4.79. The molecule has 3 nitrogen and oxygen atoms in total. The second-order valence-electron chi connectivity index (χ2n) is 4.90. The Morgan fingerprint density at radius 2 is 2.30 bits per heavy atom. The Morgan fingerprint density at radius 3 is 2.95 bits per heavy atom. The lowest BCUT2D eigenvalue weighted by Gasteiger charge is -2.23. The summed E-state index contributed by atoms with van der Waals surface area (Å²) in [6.45, 7) is 5.88. The molecule has 0 spiro atoms. The molecule has 2 heterocycles. The van der Waals surface area contributed by atoms with E-state index in [4.69, 9.17) is 4.42 Å². The molecule has 4 heteroatoms. The molecule has 2 aromatic rings. The number of hydrogen-bond acceptors (Lipinski definition) is 4. The van der Waals surface area contributed by atoms with Gasteiger partial charge in [-0.25, -0.2) is 0 Å². The molecule has 108 valence electrons. The van der Waals surface area contributed by atoms with Crippen molar-refractivity contribution in [2.75, 3.05) is 6.54 Å². The van der Waals surface area contributed by atoms with Gasteiger partial charge in [-0.1, -0.05) is 6.08 Å². The second kappa shape index (κ2) is 8.04. The number of aliphatic hydroxyl groups is 1. The molecule has 0 unspecified atom stereocenters. The normalized spacial score (nSPS) is 12.7. The molecule has 0 aromatic carbocycles. The summed E-state index contributed by atoms with van der Waals surface area (Å²) in [5, 5.41) is 14.3. The zero-order chi connectivity index (χ0) is 14.2. The molecule has 0 aliphatic carbocycles. The zero-order valence-electron chi connectivity index (χ0n) is 11.6. The predicted octanol–water partition coefficient (Wildman–Crippen LogP) is 3.67. The van der Waals surface area contributed by atoms with Crippen LogP contribution in [0.25, 0.3) is 0 Å². The van der Waals surface area contributed by atoms with Gasteiger partial charge in [0.25, 0.3) is 0 Å². The predicted molar refractivity (Wildman–Crippen MR) is 82.6 cm³/mol. The summed E-state index contributed by atoms with van der Waals surface area (Å²) >= 11 is 1.70. The molecule has 0 bridgehead atoms. The first-order chi connectivity index (χ1) is 9.78. The van der Waals surface area contributed by atoms with E-state index in [2.05, 4.69) is 28.3 Å². The van der Waals surface area contributed by atoms with Crippen LogP contribution < -0.4 is 0 Å². The van der Waals surface area contributed by atoms with E-state index in [0.29, 0.717) is 13.1 Å². The molecule has 2 aromatic heterocycles. The molecule has 0 amide bonds. The Hall–Kier alpha value is -1.36. The van der Waals surface area contributed by atoms with Crippen molar-refractivity contribution in [3.05, 3.63) is 59.2 Å². The Kier molecular flexibility index (Phi) is 6.05. The van der Waals surface area contributed by atoms with Crippen molar-refractivity contribution in [3.8, 4) is 0 Å². The lowest BCUT2D eigenvalue weighted by molar-refractivity contribution is 0.0946. The fourth-order valence-electron chi connectivity index (χ4n) is 2.15. The minimum absolute atomic E-state index is 0.332. The van der Waals surface area contributed by atoms with Crippen molar-refractivity contribution in [1.29, 1.82) is 0 Å². The average Bonchev–Trinajstić information content (AvgIpc) is 3.09. The van der Waals surface area contributed by atoms with Crippen molar-refractivity contribution < 1.29 is 9.52 Å². The summed E-state index contributed by atoms with van der Waals surface area (Å²) in [5.41, 5.74) is 1.28. The Labute approximate surface area is 124 Å². The molecule has 0 aliphatic heterocycles. The molecule has 2 rings (SSSR count). The van der Waals surface area contributed by atoms with Crippen LogP contribution in [-0.4, -0.2) is 22.7 Å². The molecule has 0 aliphatic rings. The first-order valence-electron chi connectivity index (χ1n) is 6.82. The topological polar surface area (TPSA) is 36.6 Å². The molecule has 0 fully saturated rings. The molecule has 0 saturated carbocycles. The first-order valence-corrected chi connectivity index (χ1v) is 7.77. The minimum Gasteiger partial charge on any atom is -0.468 e. The highest BCUT2D eigenvalue weighted by Gasteiger charge is 2.14. The van der Waals surface area contributed by atoms with Crippen LogP contribution in [-0.2, 0) is 13.1 Å². The van der Waals surface area contributed by atoms with Crippen molar-refractivity contribution in [2.45, 2.75) is 32.0 Å². The van der Waals surface area contributed by atoms with Crippen LogP contribution in [0.3, 0.4) is 0 Å². The van der Waals surface area contributed by atoms with Crippen molar-refractivity contribution in [2.24, 2.45) is 0 Å². The van der Waals surface area contributed by atoms with Crippen molar-refractivity contribution >= 4 is 11.3 Å². The van der Waals surface area contributed by atoms with Crippen molar-refractivity contribution in [1.82, 2.24) is 4.90 Å². The van der Waals surface area contributed by atoms with Crippen LogP contribution in [0.4, 0.5) is 0 Å². The summed E-state index contributed by atoms with van der Waals surface area (Å²) in [4.78, 5) is 2.22. The van der Waals surface area contributed by atoms with E-state index in [1.54, 1.807) is 17.6 Å². The van der Waals surface area contributed by atoms with Gasteiger partial charge in [-0.3, -0.25) is 4.90 Å². The van der Waals surface area contributed by atoms with Gasteiger partial charge in [0.05, 0.1) is 18.9 Å². The number of rotatable bonds is 9. The highest BCUT2D eigenvalue weighted by atomic mass is 32.1. The van der Waals surface area contributed by atoms with E-state index in [1.807, 2.05) is 18.2 Å². The Balaban J connectivity index is 1.93. The van der Waals surface area contributed by atoms with Gasteiger partial charge in [0.1, 0.15) is 5.76 Å². The van der Waals surface area contributed by atoms with Gasteiger partial charge in [0, 0.05) is 13.1 Å². The number of furan rings is 1. The third-order valence-corrected chi connectivity index (χ3v) is 3.85. The molecule has 1 atom stereocenters.